The maximum absolute atomic E-state index is 5.92. The van der Waals surface area contributed by atoms with Gasteiger partial charge in [-0.25, -0.2) is 0 Å². The van der Waals surface area contributed by atoms with Crippen LogP contribution in [0.5, 0.6) is 0 Å². The highest BCUT2D eigenvalue weighted by atomic mass is 28.4. The molecule has 0 saturated carbocycles. The molecule has 0 bridgehead atoms. The predicted molar refractivity (Wildman–Crippen MR) is 74.1 cm³/mol. The van der Waals surface area contributed by atoms with Crippen LogP contribution in [0.1, 0.15) is 47.5 Å². The first kappa shape index (κ1) is 16.8. The van der Waals surface area contributed by atoms with Crippen molar-refractivity contribution < 1.29 is 13.3 Å². The highest BCUT2D eigenvalue weighted by Gasteiger charge is 2.47. The molecule has 0 saturated heterocycles. The average Bonchev–Trinajstić information content (AvgIpc) is 2.26. The highest BCUT2D eigenvalue weighted by molar-refractivity contribution is 6.62. The standard InChI is InChI=1S/C13H28O3Si/c1-7-13(11-12(5)6)17(14-8-2,15-9-3)16-10-4/h13H,5,7-11H2,1-4,6H3. The van der Waals surface area contributed by atoms with E-state index in [9.17, 15) is 0 Å². The molecule has 0 rings (SSSR count). The van der Waals surface area contributed by atoms with E-state index in [0.29, 0.717) is 25.4 Å². The SMILES string of the molecule is C=C(C)CC(CC)[Si](OCC)(OCC)OCC. The molecule has 0 aliphatic heterocycles. The Hall–Kier alpha value is -0.163. The number of allylic oxidation sites excluding steroid dienone is 1. The van der Waals surface area contributed by atoms with Crippen molar-refractivity contribution in [3.63, 3.8) is 0 Å². The number of rotatable bonds is 10. The van der Waals surface area contributed by atoms with Gasteiger partial charge in [0.25, 0.3) is 0 Å². The molecule has 102 valence electrons. The van der Waals surface area contributed by atoms with Gasteiger partial charge in [-0.1, -0.05) is 12.5 Å². The van der Waals surface area contributed by atoms with E-state index in [1.165, 1.54) is 0 Å². The smallest absolute Gasteiger partial charge is 0.374 e. The van der Waals surface area contributed by atoms with Crippen molar-refractivity contribution in [2.45, 2.75) is 53.0 Å². The molecule has 0 aliphatic rings. The Balaban J connectivity index is 4.96. The van der Waals surface area contributed by atoms with Gasteiger partial charge in [0.15, 0.2) is 0 Å². The van der Waals surface area contributed by atoms with Crippen molar-refractivity contribution in [1.82, 2.24) is 0 Å². The fourth-order valence-corrected chi connectivity index (χ4v) is 5.28. The third-order valence-corrected chi connectivity index (χ3v) is 6.31. The molecule has 1 unspecified atom stereocenters. The molecule has 1 atom stereocenters. The lowest BCUT2D eigenvalue weighted by atomic mass is 10.1. The van der Waals surface area contributed by atoms with Crippen LogP contribution in [0.15, 0.2) is 12.2 Å². The molecule has 0 heterocycles. The highest BCUT2D eigenvalue weighted by Crippen LogP contribution is 2.34. The Morgan fingerprint density at radius 3 is 1.65 bits per heavy atom. The Labute approximate surface area is 108 Å². The van der Waals surface area contributed by atoms with E-state index >= 15 is 0 Å². The van der Waals surface area contributed by atoms with Crippen LogP contribution in [0, 0.1) is 0 Å². The van der Waals surface area contributed by atoms with Crippen LogP contribution in [0.4, 0.5) is 0 Å². The molecule has 0 aromatic rings. The average molecular weight is 260 g/mol. The topological polar surface area (TPSA) is 27.7 Å². The van der Waals surface area contributed by atoms with Gasteiger partial charge < -0.3 is 13.3 Å². The fourth-order valence-electron chi connectivity index (χ4n) is 2.02. The van der Waals surface area contributed by atoms with Gasteiger partial charge in [-0.05, 0) is 40.5 Å². The van der Waals surface area contributed by atoms with Crippen molar-refractivity contribution in [1.29, 1.82) is 0 Å². The van der Waals surface area contributed by atoms with Crippen LogP contribution >= 0.6 is 0 Å². The number of hydrogen-bond acceptors (Lipinski definition) is 3. The van der Waals surface area contributed by atoms with Crippen molar-refractivity contribution in [2.75, 3.05) is 19.8 Å². The minimum Gasteiger partial charge on any atom is -0.374 e. The van der Waals surface area contributed by atoms with Crippen LogP contribution in [-0.4, -0.2) is 28.6 Å². The lowest BCUT2D eigenvalue weighted by Gasteiger charge is -2.35. The lowest BCUT2D eigenvalue weighted by Crippen LogP contribution is -2.50. The molecular weight excluding hydrogens is 232 g/mol. The molecular formula is C13H28O3Si. The summed E-state index contributed by atoms with van der Waals surface area (Å²) in [6.45, 7) is 16.1. The maximum Gasteiger partial charge on any atom is 0.504 e. The zero-order valence-corrected chi connectivity index (χ0v) is 13.0. The molecule has 0 N–H and O–H groups in total. The zero-order valence-electron chi connectivity index (χ0n) is 12.0. The van der Waals surface area contributed by atoms with E-state index in [0.717, 1.165) is 18.4 Å². The molecule has 17 heavy (non-hydrogen) atoms. The molecule has 0 radical (unpaired) electrons. The van der Waals surface area contributed by atoms with E-state index in [1.54, 1.807) is 0 Å². The van der Waals surface area contributed by atoms with Crippen LogP contribution in [0.2, 0.25) is 5.54 Å². The third-order valence-electron chi connectivity index (χ3n) is 2.62. The molecule has 0 amide bonds. The fraction of sp³-hybridized carbons (Fsp3) is 0.846. The Bertz CT molecular complexity index is 202. The van der Waals surface area contributed by atoms with Gasteiger partial charge in [0, 0.05) is 25.4 Å². The number of hydrogen-bond donors (Lipinski definition) is 0. The predicted octanol–water partition coefficient (Wildman–Crippen LogP) is 3.78. The summed E-state index contributed by atoms with van der Waals surface area (Å²) in [5.74, 6) is 0. The summed E-state index contributed by atoms with van der Waals surface area (Å²) in [6.07, 6.45) is 1.92. The third kappa shape index (κ3) is 5.34. The molecule has 4 heteroatoms. The summed E-state index contributed by atoms with van der Waals surface area (Å²) >= 11 is 0. The maximum atomic E-state index is 5.92. The summed E-state index contributed by atoms with van der Waals surface area (Å²) in [4.78, 5) is 0. The summed E-state index contributed by atoms with van der Waals surface area (Å²) in [5.41, 5.74) is 1.48. The molecule has 0 aliphatic carbocycles. The van der Waals surface area contributed by atoms with Crippen LogP contribution in [0.25, 0.3) is 0 Å². The summed E-state index contributed by atoms with van der Waals surface area (Å²) in [5, 5.41) is 0. The van der Waals surface area contributed by atoms with E-state index in [2.05, 4.69) is 13.5 Å². The van der Waals surface area contributed by atoms with Gasteiger partial charge >= 0.3 is 8.80 Å². The first-order valence-corrected chi connectivity index (χ1v) is 8.42. The van der Waals surface area contributed by atoms with Crippen LogP contribution < -0.4 is 0 Å². The minimum absolute atomic E-state index is 0.319. The van der Waals surface area contributed by atoms with Gasteiger partial charge in [-0.15, -0.1) is 6.58 Å². The molecule has 0 aromatic heterocycles. The minimum atomic E-state index is -2.55. The Morgan fingerprint density at radius 1 is 1.00 bits per heavy atom. The monoisotopic (exact) mass is 260 g/mol. The van der Waals surface area contributed by atoms with Gasteiger partial charge in [-0.3, -0.25) is 0 Å². The van der Waals surface area contributed by atoms with Crippen LogP contribution in [-0.2, 0) is 13.3 Å². The molecule has 0 spiro atoms. The largest absolute Gasteiger partial charge is 0.504 e. The van der Waals surface area contributed by atoms with Gasteiger partial charge in [-0.2, -0.15) is 0 Å². The van der Waals surface area contributed by atoms with Gasteiger partial charge in [0.2, 0.25) is 0 Å². The first-order chi connectivity index (χ1) is 8.06. The summed E-state index contributed by atoms with van der Waals surface area (Å²) in [6, 6.07) is 0. The second kappa shape index (κ2) is 8.86. The van der Waals surface area contributed by atoms with E-state index in [-0.39, 0.29) is 0 Å². The second-order valence-corrected chi connectivity index (χ2v) is 7.06. The van der Waals surface area contributed by atoms with Crippen molar-refractivity contribution in [3.8, 4) is 0 Å². The second-order valence-electron chi connectivity index (χ2n) is 4.17. The van der Waals surface area contributed by atoms with Gasteiger partial charge in [0.05, 0.1) is 0 Å². The van der Waals surface area contributed by atoms with E-state index < -0.39 is 8.80 Å². The molecule has 3 nitrogen and oxygen atoms in total. The first-order valence-electron chi connectivity index (χ1n) is 6.62. The van der Waals surface area contributed by atoms with Gasteiger partial charge in [0.1, 0.15) is 0 Å². The Kier molecular flexibility index (Phi) is 8.77. The van der Waals surface area contributed by atoms with Crippen molar-refractivity contribution in [3.05, 3.63) is 12.2 Å². The van der Waals surface area contributed by atoms with Crippen molar-refractivity contribution >= 4 is 8.80 Å². The lowest BCUT2D eigenvalue weighted by molar-refractivity contribution is 0.0601. The zero-order chi connectivity index (χ0) is 13.3. The summed E-state index contributed by atoms with van der Waals surface area (Å²) < 4.78 is 17.8. The molecule has 0 fully saturated rings. The van der Waals surface area contributed by atoms with Crippen LogP contribution in [0.3, 0.4) is 0 Å². The quantitative estimate of drug-likeness (QED) is 0.442. The summed E-state index contributed by atoms with van der Waals surface area (Å²) in [7, 11) is -2.55. The van der Waals surface area contributed by atoms with E-state index in [1.807, 2.05) is 27.7 Å². The normalized spacial score (nSPS) is 13.7. The Morgan fingerprint density at radius 2 is 1.41 bits per heavy atom. The van der Waals surface area contributed by atoms with Crippen molar-refractivity contribution in [2.24, 2.45) is 0 Å². The molecule has 0 aromatic carbocycles. The van der Waals surface area contributed by atoms with E-state index in [4.69, 9.17) is 13.3 Å².